The zero-order valence-electron chi connectivity index (χ0n) is 13.6. The summed E-state index contributed by atoms with van der Waals surface area (Å²) in [6.45, 7) is 8.08. The van der Waals surface area contributed by atoms with Crippen LogP contribution in [-0.4, -0.2) is 25.2 Å². The fraction of sp³-hybridized carbons (Fsp3) is 0.647. The van der Waals surface area contributed by atoms with E-state index in [4.69, 9.17) is 0 Å². The first-order valence-electron chi connectivity index (χ1n) is 7.85. The number of rotatable bonds is 3. The molecule has 4 nitrogen and oxygen atoms in total. The van der Waals surface area contributed by atoms with Gasteiger partial charge in [-0.05, 0) is 56.1 Å². The van der Waals surface area contributed by atoms with Crippen LogP contribution in [0.25, 0.3) is 0 Å². The van der Waals surface area contributed by atoms with Crippen molar-refractivity contribution in [2.45, 2.75) is 57.1 Å². The molecule has 22 heavy (non-hydrogen) atoms. The van der Waals surface area contributed by atoms with Crippen LogP contribution >= 0.6 is 0 Å². The van der Waals surface area contributed by atoms with Crippen LogP contribution < -0.4 is 4.72 Å². The van der Waals surface area contributed by atoms with Gasteiger partial charge in [0, 0.05) is 0 Å². The predicted molar refractivity (Wildman–Crippen MR) is 85.9 cm³/mol. The van der Waals surface area contributed by atoms with Gasteiger partial charge in [-0.15, -0.1) is 0 Å². The topological polar surface area (TPSA) is 66.4 Å². The molecule has 3 rings (SSSR count). The molecule has 2 saturated carbocycles. The van der Waals surface area contributed by atoms with Gasteiger partial charge in [-0.2, -0.15) is 0 Å². The monoisotopic (exact) mass is 323 g/mol. The third-order valence-electron chi connectivity index (χ3n) is 5.79. The highest BCUT2D eigenvalue weighted by molar-refractivity contribution is 7.89. The summed E-state index contributed by atoms with van der Waals surface area (Å²) in [5.74, 6) is 1.00. The number of aliphatic hydroxyl groups is 1. The summed E-state index contributed by atoms with van der Waals surface area (Å²) in [5.41, 5.74) is 0.243. The molecule has 1 aromatic rings. The van der Waals surface area contributed by atoms with Crippen molar-refractivity contribution in [3.05, 3.63) is 29.8 Å². The molecule has 1 aromatic carbocycles. The minimum atomic E-state index is -3.60. The van der Waals surface area contributed by atoms with Crippen LogP contribution in [0.4, 0.5) is 0 Å². The van der Waals surface area contributed by atoms with E-state index in [9.17, 15) is 13.5 Å². The van der Waals surface area contributed by atoms with Gasteiger partial charge in [0.1, 0.15) is 0 Å². The van der Waals surface area contributed by atoms with Gasteiger partial charge in [0.25, 0.3) is 0 Å². The molecule has 0 amide bonds. The molecule has 0 saturated heterocycles. The highest BCUT2D eigenvalue weighted by Crippen LogP contribution is 2.66. The Balaban J connectivity index is 1.81. The van der Waals surface area contributed by atoms with E-state index in [1.165, 1.54) is 0 Å². The number of nitrogens with one attached hydrogen (secondary N) is 1. The molecular formula is C17H25NO3S. The van der Waals surface area contributed by atoms with Crippen molar-refractivity contribution < 1.29 is 13.5 Å². The summed E-state index contributed by atoms with van der Waals surface area (Å²) in [7, 11) is -3.60. The molecule has 0 heterocycles. The molecular weight excluding hydrogens is 298 g/mol. The molecule has 0 aliphatic heterocycles. The Morgan fingerprint density at radius 2 is 1.73 bits per heavy atom. The molecule has 2 fully saturated rings. The largest absolute Gasteiger partial charge is 0.389 e. The summed E-state index contributed by atoms with van der Waals surface area (Å²) in [6, 6.07) is 6.36. The lowest BCUT2D eigenvalue weighted by atomic mass is 9.82. The lowest BCUT2D eigenvalue weighted by Crippen LogP contribution is -2.53. The van der Waals surface area contributed by atoms with E-state index in [1.807, 2.05) is 6.92 Å². The Labute approximate surface area is 133 Å². The molecule has 0 bridgehead atoms. The average molecular weight is 323 g/mol. The third kappa shape index (κ3) is 2.59. The Hall–Kier alpha value is -0.910. The van der Waals surface area contributed by atoms with E-state index in [0.717, 1.165) is 5.56 Å². The summed E-state index contributed by atoms with van der Waals surface area (Å²) in [6.07, 6.45) is 1.36. The first kappa shape index (κ1) is 16.0. The third-order valence-corrected chi connectivity index (χ3v) is 7.28. The summed E-state index contributed by atoms with van der Waals surface area (Å²) in [4.78, 5) is 0.256. The van der Waals surface area contributed by atoms with Crippen LogP contribution in [-0.2, 0) is 10.0 Å². The number of hydrogen-bond acceptors (Lipinski definition) is 3. The van der Waals surface area contributed by atoms with Gasteiger partial charge in [0.05, 0.1) is 16.5 Å². The van der Waals surface area contributed by atoms with Crippen molar-refractivity contribution in [3.8, 4) is 0 Å². The maximum absolute atomic E-state index is 12.6. The highest BCUT2D eigenvalue weighted by atomic mass is 32.2. The molecule has 2 aliphatic rings. The quantitative estimate of drug-likeness (QED) is 0.898. The van der Waals surface area contributed by atoms with Crippen LogP contribution in [0.15, 0.2) is 29.2 Å². The lowest BCUT2D eigenvalue weighted by Gasteiger charge is -2.36. The standard InChI is InChI=1S/C17H25NO3S/c1-11-5-7-12(8-6-11)22(20,21)18-15-9-13-14(16(13,2)3)10-17(15,4)19/h5-8,13-15,18-19H,9-10H2,1-4H3/t13-,14+,15-,17+/m1/s1. The molecule has 0 radical (unpaired) electrons. The van der Waals surface area contributed by atoms with Crippen LogP contribution in [0, 0.1) is 24.2 Å². The number of benzene rings is 1. The Bertz CT molecular complexity index is 676. The van der Waals surface area contributed by atoms with Gasteiger partial charge in [-0.1, -0.05) is 31.5 Å². The van der Waals surface area contributed by atoms with Crippen LogP contribution in [0.3, 0.4) is 0 Å². The zero-order chi connectivity index (χ0) is 16.3. The molecule has 0 aromatic heterocycles. The fourth-order valence-electron chi connectivity index (χ4n) is 3.97. The normalized spacial score (nSPS) is 36.7. The van der Waals surface area contributed by atoms with Gasteiger partial charge < -0.3 is 5.11 Å². The second-order valence-electron chi connectivity index (χ2n) is 7.82. The van der Waals surface area contributed by atoms with Gasteiger partial charge >= 0.3 is 0 Å². The van der Waals surface area contributed by atoms with Crippen molar-refractivity contribution in [3.63, 3.8) is 0 Å². The first-order chi connectivity index (χ1) is 10.0. The maximum atomic E-state index is 12.6. The van der Waals surface area contributed by atoms with Crippen molar-refractivity contribution in [2.75, 3.05) is 0 Å². The predicted octanol–water partition coefficient (Wildman–Crippen LogP) is 2.46. The van der Waals surface area contributed by atoms with E-state index in [-0.39, 0.29) is 10.3 Å². The van der Waals surface area contributed by atoms with Gasteiger partial charge in [-0.3, -0.25) is 0 Å². The fourth-order valence-corrected chi connectivity index (χ4v) is 5.33. The molecule has 5 heteroatoms. The van der Waals surface area contributed by atoms with Crippen LogP contribution in [0.1, 0.15) is 39.2 Å². The number of hydrogen-bond donors (Lipinski definition) is 2. The van der Waals surface area contributed by atoms with E-state index in [1.54, 1.807) is 31.2 Å². The second-order valence-corrected chi connectivity index (χ2v) is 9.53. The Morgan fingerprint density at radius 3 is 2.32 bits per heavy atom. The van der Waals surface area contributed by atoms with E-state index in [2.05, 4.69) is 18.6 Å². The maximum Gasteiger partial charge on any atom is 0.240 e. The number of sulfonamides is 1. The van der Waals surface area contributed by atoms with E-state index >= 15 is 0 Å². The smallest absolute Gasteiger partial charge is 0.240 e. The van der Waals surface area contributed by atoms with Gasteiger partial charge in [0.2, 0.25) is 10.0 Å². The second kappa shape index (κ2) is 4.79. The molecule has 4 atom stereocenters. The lowest BCUT2D eigenvalue weighted by molar-refractivity contribution is -0.00636. The van der Waals surface area contributed by atoms with Gasteiger partial charge in [0.15, 0.2) is 0 Å². The Kier molecular flexibility index (Phi) is 3.48. The summed E-state index contributed by atoms with van der Waals surface area (Å²) < 4.78 is 27.9. The van der Waals surface area contributed by atoms with Crippen molar-refractivity contribution in [1.82, 2.24) is 4.72 Å². The molecule has 122 valence electrons. The first-order valence-corrected chi connectivity index (χ1v) is 9.34. The summed E-state index contributed by atoms with van der Waals surface area (Å²) >= 11 is 0. The summed E-state index contributed by atoms with van der Waals surface area (Å²) in [5, 5.41) is 10.7. The van der Waals surface area contributed by atoms with Gasteiger partial charge in [-0.25, -0.2) is 13.1 Å². The van der Waals surface area contributed by atoms with E-state index < -0.39 is 21.7 Å². The number of fused-ring (bicyclic) bond motifs is 1. The molecule has 0 unspecified atom stereocenters. The molecule has 0 spiro atoms. The van der Waals surface area contributed by atoms with E-state index in [0.29, 0.717) is 24.7 Å². The Morgan fingerprint density at radius 1 is 1.14 bits per heavy atom. The van der Waals surface area contributed by atoms with Crippen molar-refractivity contribution in [2.24, 2.45) is 17.3 Å². The van der Waals surface area contributed by atoms with Crippen molar-refractivity contribution in [1.29, 1.82) is 0 Å². The van der Waals surface area contributed by atoms with Crippen molar-refractivity contribution >= 4 is 10.0 Å². The average Bonchev–Trinajstić information content (AvgIpc) is 2.90. The highest BCUT2D eigenvalue weighted by Gasteiger charge is 2.64. The molecule has 2 N–H and O–H groups in total. The number of aryl methyl sites for hydroxylation is 1. The minimum absolute atomic E-state index is 0.216. The van der Waals surface area contributed by atoms with Crippen LogP contribution in [0.5, 0.6) is 0 Å². The zero-order valence-corrected chi connectivity index (χ0v) is 14.4. The van der Waals surface area contributed by atoms with Crippen LogP contribution in [0.2, 0.25) is 0 Å². The SMILES string of the molecule is Cc1ccc(S(=O)(=O)N[C@@H]2C[C@@H]3[C@H](C[C@]2(C)O)C3(C)C)cc1. The molecule has 2 aliphatic carbocycles. The minimum Gasteiger partial charge on any atom is -0.389 e.